The van der Waals surface area contributed by atoms with Crippen LogP contribution in [0.2, 0.25) is 0 Å². The zero-order valence-electron chi connectivity index (χ0n) is 16.1. The van der Waals surface area contributed by atoms with Crippen molar-refractivity contribution in [1.29, 1.82) is 0 Å². The largest absolute Gasteiger partial charge is 0.395 e. The molecule has 0 saturated carbocycles. The fourth-order valence-corrected chi connectivity index (χ4v) is 3.98. The SMILES string of the molecule is Cl.Cl.OCCN1CCN(C2=Nc3ccccc3CC=C2c2ccc(Br)cc2)CC1. The van der Waals surface area contributed by atoms with Gasteiger partial charge in [0.2, 0.25) is 0 Å². The Bertz CT molecular complexity index is 863. The van der Waals surface area contributed by atoms with Crippen LogP contribution in [0.25, 0.3) is 5.57 Å². The van der Waals surface area contributed by atoms with Gasteiger partial charge in [0, 0.05) is 42.8 Å². The Morgan fingerprint density at radius 3 is 2.31 bits per heavy atom. The summed E-state index contributed by atoms with van der Waals surface area (Å²) in [5.74, 6) is 1.06. The standard InChI is InChI=1S/C22H24BrN3O.2ClH/c23-19-8-5-17(6-9-19)20-10-7-18-3-1-2-4-21(18)24-22(20)26-13-11-25(12-14-26)15-16-27;;/h1-6,8-10,27H,7,11-16H2;2*1H. The third-order valence-electron chi connectivity index (χ3n) is 5.23. The molecule has 7 heteroatoms. The monoisotopic (exact) mass is 497 g/mol. The minimum Gasteiger partial charge on any atom is -0.395 e. The number of fused-ring (bicyclic) bond motifs is 1. The molecule has 0 spiro atoms. The van der Waals surface area contributed by atoms with Gasteiger partial charge in [0.1, 0.15) is 5.84 Å². The van der Waals surface area contributed by atoms with Gasteiger partial charge < -0.3 is 10.0 Å². The lowest BCUT2D eigenvalue weighted by Gasteiger charge is -2.36. The fourth-order valence-electron chi connectivity index (χ4n) is 3.71. The molecular weight excluding hydrogens is 473 g/mol. The van der Waals surface area contributed by atoms with Gasteiger partial charge in [0.25, 0.3) is 0 Å². The zero-order chi connectivity index (χ0) is 18.6. The van der Waals surface area contributed by atoms with Crippen LogP contribution >= 0.6 is 40.7 Å². The average Bonchev–Trinajstić information content (AvgIpc) is 2.89. The van der Waals surface area contributed by atoms with Gasteiger partial charge in [-0.1, -0.05) is 52.3 Å². The van der Waals surface area contributed by atoms with E-state index in [2.05, 4.69) is 80.3 Å². The lowest BCUT2D eigenvalue weighted by Crippen LogP contribution is -2.49. The first-order chi connectivity index (χ1) is 13.2. The molecule has 4 rings (SSSR count). The lowest BCUT2D eigenvalue weighted by molar-refractivity contribution is 0.148. The van der Waals surface area contributed by atoms with E-state index < -0.39 is 0 Å². The zero-order valence-corrected chi connectivity index (χ0v) is 19.3. The van der Waals surface area contributed by atoms with Gasteiger partial charge in [-0.2, -0.15) is 0 Å². The predicted octanol–water partition coefficient (Wildman–Crippen LogP) is 4.57. The van der Waals surface area contributed by atoms with Crippen LogP contribution in [0, 0.1) is 0 Å². The van der Waals surface area contributed by atoms with E-state index in [9.17, 15) is 5.11 Å². The van der Waals surface area contributed by atoms with E-state index >= 15 is 0 Å². The molecule has 156 valence electrons. The number of benzene rings is 2. The van der Waals surface area contributed by atoms with Crippen LogP contribution in [0.15, 0.2) is 64.1 Å². The van der Waals surface area contributed by atoms with Gasteiger partial charge >= 0.3 is 0 Å². The normalized spacial score (nSPS) is 16.6. The average molecular weight is 499 g/mol. The Labute approximate surface area is 193 Å². The second-order valence-corrected chi connectivity index (χ2v) is 7.86. The highest BCUT2D eigenvalue weighted by Crippen LogP contribution is 2.30. The first-order valence-electron chi connectivity index (χ1n) is 9.46. The van der Waals surface area contributed by atoms with Gasteiger partial charge in [-0.15, -0.1) is 24.8 Å². The van der Waals surface area contributed by atoms with Gasteiger partial charge in [-0.3, -0.25) is 4.90 Å². The molecule has 2 heterocycles. The smallest absolute Gasteiger partial charge is 0.136 e. The Hall–Kier alpha value is -1.37. The topological polar surface area (TPSA) is 39.1 Å². The maximum atomic E-state index is 9.20. The number of aliphatic hydroxyl groups excluding tert-OH is 1. The van der Waals surface area contributed by atoms with Crippen molar-refractivity contribution in [3.63, 3.8) is 0 Å². The highest BCUT2D eigenvalue weighted by molar-refractivity contribution is 9.10. The van der Waals surface area contributed by atoms with Crippen molar-refractivity contribution in [2.75, 3.05) is 39.3 Å². The molecule has 1 saturated heterocycles. The molecule has 4 nitrogen and oxygen atoms in total. The van der Waals surface area contributed by atoms with Crippen LogP contribution in [0.3, 0.4) is 0 Å². The summed E-state index contributed by atoms with van der Waals surface area (Å²) in [5.41, 5.74) is 4.73. The van der Waals surface area contributed by atoms with E-state index in [1.165, 1.54) is 16.7 Å². The van der Waals surface area contributed by atoms with Crippen molar-refractivity contribution in [2.24, 2.45) is 4.99 Å². The summed E-state index contributed by atoms with van der Waals surface area (Å²) in [7, 11) is 0. The number of nitrogens with zero attached hydrogens (tertiary/aromatic N) is 3. The molecule has 0 atom stereocenters. The molecule has 2 aliphatic heterocycles. The minimum atomic E-state index is 0. The number of hydrogen-bond donors (Lipinski definition) is 1. The van der Waals surface area contributed by atoms with Gasteiger partial charge in [-0.25, -0.2) is 4.99 Å². The number of para-hydroxylation sites is 1. The summed E-state index contributed by atoms with van der Waals surface area (Å²) in [6.07, 6.45) is 3.20. The summed E-state index contributed by atoms with van der Waals surface area (Å²) in [5, 5.41) is 9.20. The van der Waals surface area contributed by atoms with Gasteiger partial charge in [0.15, 0.2) is 0 Å². The molecule has 0 radical (unpaired) electrons. The summed E-state index contributed by atoms with van der Waals surface area (Å²) in [4.78, 5) is 9.81. The number of halogens is 3. The van der Waals surface area contributed by atoms with Crippen molar-refractivity contribution in [2.45, 2.75) is 6.42 Å². The first-order valence-corrected chi connectivity index (χ1v) is 10.2. The highest BCUT2D eigenvalue weighted by atomic mass is 79.9. The quantitative estimate of drug-likeness (QED) is 0.673. The Morgan fingerprint density at radius 1 is 0.931 bits per heavy atom. The molecular formula is C22H26BrCl2N3O. The predicted molar refractivity (Wildman–Crippen MR) is 129 cm³/mol. The van der Waals surface area contributed by atoms with E-state index in [4.69, 9.17) is 4.99 Å². The summed E-state index contributed by atoms with van der Waals surface area (Å²) in [6.45, 7) is 4.73. The third kappa shape index (κ3) is 5.62. The molecule has 0 unspecified atom stereocenters. The molecule has 29 heavy (non-hydrogen) atoms. The molecule has 0 bridgehead atoms. The van der Waals surface area contributed by atoms with Crippen LogP contribution in [-0.2, 0) is 6.42 Å². The third-order valence-corrected chi connectivity index (χ3v) is 5.76. The van der Waals surface area contributed by atoms with Gasteiger partial charge in [0.05, 0.1) is 12.3 Å². The summed E-state index contributed by atoms with van der Waals surface area (Å²) >= 11 is 3.54. The fraction of sp³-hybridized carbons (Fsp3) is 0.318. The summed E-state index contributed by atoms with van der Waals surface area (Å²) in [6, 6.07) is 16.9. The molecule has 1 N–H and O–H groups in total. The number of aliphatic imine (C=N–C) groups is 1. The van der Waals surface area contributed by atoms with Crippen LogP contribution in [0.4, 0.5) is 5.69 Å². The first kappa shape index (κ1) is 23.9. The lowest BCUT2D eigenvalue weighted by atomic mass is 10.0. The van der Waals surface area contributed by atoms with Crippen molar-refractivity contribution >= 4 is 57.8 Å². The number of allylic oxidation sites excluding steroid dienone is 1. The van der Waals surface area contributed by atoms with Crippen LogP contribution in [0.5, 0.6) is 0 Å². The van der Waals surface area contributed by atoms with Crippen molar-refractivity contribution in [3.8, 4) is 0 Å². The van der Waals surface area contributed by atoms with Crippen molar-refractivity contribution < 1.29 is 5.11 Å². The Kier molecular flexibility index (Phi) is 9.18. The Balaban J connectivity index is 0.00000150. The second-order valence-electron chi connectivity index (χ2n) is 6.95. The van der Waals surface area contributed by atoms with E-state index in [1.54, 1.807) is 0 Å². The Morgan fingerprint density at radius 2 is 1.62 bits per heavy atom. The highest BCUT2D eigenvalue weighted by Gasteiger charge is 2.24. The van der Waals surface area contributed by atoms with E-state index in [0.29, 0.717) is 0 Å². The van der Waals surface area contributed by atoms with E-state index in [-0.39, 0.29) is 31.4 Å². The molecule has 0 aromatic heterocycles. The maximum absolute atomic E-state index is 9.20. The maximum Gasteiger partial charge on any atom is 0.136 e. The molecule has 0 aliphatic carbocycles. The number of β-amino-alcohol motifs (C(OH)–C–C–N with tert-alkyl or cyclic N) is 1. The molecule has 2 aromatic carbocycles. The minimum absolute atomic E-state index is 0. The van der Waals surface area contributed by atoms with Gasteiger partial charge in [-0.05, 0) is 35.7 Å². The summed E-state index contributed by atoms with van der Waals surface area (Å²) < 4.78 is 1.08. The van der Waals surface area contributed by atoms with Crippen LogP contribution in [-0.4, -0.2) is 60.1 Å². The van der Waals surface area contributed by atoms with Crippen LogP contribution < -0.4 is 0 Å². The molecule has 1 fully saturated rings. The van der Waals surface area contributed by atoms with E-state index in [0.717, 1.165) is 55.1 Å². The number of aliphatic hydroxyl groups is 1. The molecule has 2 aliphatic rings. The molecule has 0 amide bonds. The number of piperazine rings is 1. The van der Waals surface area contributed by atoms with Crippen molar-refractivity contribution in [1.82, 2.24) is 9.80 Å². The molecule has 2 aromatic rings. The number of rotatable bonds is 3. The number of hydrogen-bond acceptors (Lipinski definition) is 4. The van der Waals surface area contributed by atoms with E-state index in [1.807, 2.05) is 0 Å². The van der Waals surface area contributed by atoms with Crippen molar-refractivity contribution in [3.05, 3.63) is 70.2 Å². The van der Waals surface area contributed by atoms with Crippen LogP contribution in [0.1, 0.15) is 11.1 Å². The number of amidine groups is 1. The second kappa shape index (κ2) is 11.1.